The molecule has 0 spiro atoms. The van der Waals surface area contributed by atoms with Gasteiger partial charge in [-0.25, -0.2) is 9.59 Å². The van der Waals surface area contributed by atoms with E-state index in [9.17, 15) is 9.59 Å². The summed E-state index contributed by atoms with van der Waals surface area (Å²) < 4.78 is 9.75. The number of rotatable bonds is 4. The molecule has 1 saturated heterocycles. The van der Waals surface area contributed by atoms with Gasteiger partial charge in [0.1, 0.15) is 11.6 Å². The van der Waals surface area contributed by atoms with Crippen LogP contribution < -0.4 is 5.32 Å². The van der Waals surface area contributed by atoms with Gasteiger partial charge in [-0.2, -0.15) is 0 Å². The average Bonchev–Trinajstić information content (AvgIpc) is 2.68. The second-order valence-electron chi connectivity index (χ2n) is 4.93. The van der Waals surface area contributed by atoms with E-state index >= 15 is 0 Å². The maximum atomic E-state index is 11.5. The second kappa shape index (κ2) is 6.00. The zero-order chi connectivity index (χ0) is 12.9. The van der Waals surface area contributed by atoms with Crippen molar-refractivity contribution in [2.75, 3.05) is 6.54 Å². The Kier molecular flexibility index (Phi) is 4.93. The highest BCUT2D eigenvalue weighted by Gasteiger charge is 2.29. The molecule has 0 aromatic carbocycles. The Bertz CT molecular complexity index is 282. The van der Waals surface area contributed by atoms with Crippen LogP contribution in [0.1, 0.15) is 46.5 Å². The lowest BCUT2D eigenvalue weighted by Gasteiger charge is -2.23. The zero-order valence-corrected chi connectivity index (χ0v) is 10.7. The quantitative estimate of drug-likeness (QED) is 0.604. The van der Waals surface area contributed by atoms with Crippen LogP contribution in [0, 0.1) is 0 Å². The van der Waals surface area contributed by atoms with E-state index < -0.39 is 17.7 Å². The number of hydrogen-bond donors (Lipinski definition) is 1. The van der Waals surface area contributed by atoms with Gasteiger partial charge in [0.2, 0.25) is 0 Å². The van der Waals surface area contributed by atoms with Crippen LogP contribution in [-0.2, 0) is 14.3 Å². The average molecular weight is 243 g/mol. The van der Waals surface area contributed by atoms with Crippen molar-refractivity contribution in [1.29, 1.82) is 0 Å². The third kappa shape index (κ3) is 4.73. The Morgan fingerprint density at radius 2 is 2.12 bits per heavy atom. The Hall–Kier alpha value is -1.10. The maximum absolute atomic E-state index is 11.5. The number of esters is 1. The molecule has 5 heteroatoms. The van der Waals surface area contributed by atoms with Crippen molar-refractivity contribution in [3.63, 3.8) is 0 Å². The summed E-state index contributed by atoms with van der Waals surface area (Å²) in [7, 11) is 0. The highest BCUT2D eigenvalue weighted by Crippen LogP contribution is 2.17. The Morgan fingerprint density at radius 1 is 1.41 bits per heavy atom. The molecule has 1 rings (SSSR count). The van der Waals surface area contributed by atoms with Crippen molar-refractivity contribution >= 4 is 12.1 Å². The van der Waals surface area contributed by atoms with Gasteiger partial charge in [0.25, 0.3) is 0 Å². The minimum atomic E-state index is -0.901. The van der Waals surface area contributed by atoms with Crippen LogP contribution in [0.25, 0.3) is 0 Å². The molecular weight excluding hydrogens is 222 g/mol. The predicted molar refractivity (Wildman–Crippen MR) is 62.6 cm³/mol. The Labute approximate surface area is 102 Å². The molecule has 1 aliphatic rings. The minimum Gasteiger partial charge on any atom is -0.428 e. The molecule has 1 fully saturated rings. The van der Waals surface area contributed by atoms with E-state index in [1.165, 1.54) is 0 Å². The van der Waals surface area contributed by atoms with E-state index in [0.717, 1.165) is 25.8 Å². The standard InChI is InChI=1S/C12H21NO4/c1-4-7-12(2,3)17-11(15)16-10(14)9-6-5-8-13-9/h9,13H,4-8H2,1-3H3/t9-/m0/s1. The second-order valence-corrected chi connectivity index (χ2v) is 4.93. The van der Waals surface area contributed by atoms with Crippen LogP contribution >= 0.6 is 0 Å². The lowest BCUT2D eigenvalue weighted by Crippen LogP contribution is -2.36. The van der Waals surface area contributed by atoms with Gasteiger partial charge in [-0.1, -0.05) is 13.3 Å². The molecule has 0 aliphatic carbocycles. The molecule has 0 amide bonds. The summed E-state index contributed by atoms with van der Waals surface area (Å²) >= 11 is 0. The van der Waals surface area contributed by atoms with Gasteiger partial charge in [0.05, 0.1) is 0 Å². The van der Waals surface area contributed by atoms with Crippen LogP contribution in [0.5, 0.6) is 0 Å². The summed E-state index contributed by atoms with van der Waals surface area (Å²) in [6, 6.07) is -0.364. The zero-order valence-electron chi connectivity index (χ0n) is 10.7. The van der Waals surface area contributed by atoms with E-state index in [1.54, 1.807) is 13.8 Å². The molecule has 0 radical (unpaired) electrons. The first-order valence-corrected chi connectivity index (χ1v) is 6.12. The fraction of sp³-hybridized carbons (Fsp3) is 0.833. The first-order valence-electron chi connectivity index (χ1n) is 6.12. The van der Waals surface area contributed by atoms with Gasteiger partial charge in [0.15, 0.2) is 0 Å². The lowest BCUT2D eigenvalue weighted by molar-refractivity contribution is -0.143. The normalized spacial score (nSPS) is 20.1. The molecule has 1 aliphatic heterocycles. The topological polar surface area (TPSA) is 64.6 Å². The van der Waals surface area contributed by atoms with Gasteiger partial charge in [-0.3, -0.25) is 0 Å². The smallest absolute Gasteiger partial charge is 0.428 e. The van der Waals surface area contributed by atoms with Gasteiger partial charge in [-0.05, 0) is 39.7 Å². The molecule has 1 N–H and O–H groups in total. The molecule has 0 aromatic rings. The van der Waals surface area contributed by atoms with E-state index in [4.69, 9.17) is 4.74 Å². The molecule has 0 unspecified atom stereocenters. The van der Waals surface area contributed by atoms with Gasteiger partial charge < -0.3 is 14.8 Å². The summed E-state index contributed by atoms with van der Waals surface area (Å²) in [4.78, 5) is 22.9. The largest absolute Gasteiger partial charge is 0.516 e. The summed E-state index contributed by atoms with van der Waals surface area (Å²) in [5.41, 5.74) is -0.588. The van der Waals surface area contributed by atoms with E-state index in [1.807, 2.05) is 6.92 Å². The van der Waals surface area contributed by atoms with Crippen molar-refractivity contribution in [2.45, 2.75) is 58.1 Å². The van der Waals surface area contributed by atoms with Crippen LogP contribution in [0.2, 0.25) is 0 Å². The fourth-order valence-electron chi connectivity index (χ4n) is 1.94. The third-order valence-electron chi connectivity index (χ3n) is 2.74. The van der Waals surface area contributed by atoms with E-state index in [-0.39, 0.29) is 6.04 Å². The molecule has 17 heavy (non-hydrogen) atoms. The Balaban J connectivity index is 2.35. The molecule has 1 heterocycles. The van der Waals surface area contributed by atoms with Crippen LogP contribution in [0.4, 0.5) is 4.79 Å². The number of ether oxygens (including phenoxy) is 2. The highest BCUT2D eigenvalue weighted by molar-refractivity contribution is 5.85. The Morgan fingerprint density at radius 3 is 2.65 bits per heavy atom. The molecule has 0 aromatic heterocycles. The predicted octanol–water partition coefficient (Wildman–Crippen LogP) is 2.00. The van der Waals surface area contributed by atoms with Crippen LogP contribution in [-0.4, -0.2) is 30.3 Å². The maximum Gasteiger partial charge on any atom is 0.516 e. The summed E-state index contributed by atoms with van der Waals surface area (Å²) in [5, 5.41) is 2.97. The van der Waals surface area contributed by atoms with Gasteiger partial charge >= 0.3 is 12.1 Å². The van der Waals surface area contributed by atoms with Gasteiger partial charge in [-0.15, -0.1) is 0 Å². The monoisotopic (exact) mass is 243 g/mol. The van der Waals surface area contributed by atoms with Crippen molar-refractivity contribution in [3.8, 4) is 0 Å². The van der Waals surface area contributed by atoms with Crippen molar-refractivity contribution in [1.82, 2.24) is 5.32 Å². The number of hydrogen-bond acceptors (Lipinski definition) is 5. The minimum absolute atomic E-state index is 0.364. The van der Waals surface area contributed by atoms with Crippen molar-refractivity contribution < 1.29 is 19.1 Å². The molecule has 0 bridgehead atoms. The summed E-state index contributed by atoms with van der Waals surface area (Å²) in [6.45, 7) is 6.40. The molecule has 0 saturated carbocycles. The SMILES string of the molecule is CCCC(C)(C)OC(=O)OC(=O)[C@@H]1CCCN1. The van der Waals surface area contributed by atoms with E-state index in [0.29, 0.717) is 6.42 Å². The van der Waals surface area contributed by atoms with Gasteiger partial charge in [0, 0.05) is 0 Å². The van der Waals surface area contributed by atoms with Crippen LogP contribution in [0.15, 0.2) is 0 Å². The number of nitrogens with one attached hydrogen (secondary N) is 1. The molecule has 5 nitrogen and oxygen atoms in total. The fourth-order valence-corrected chi connectivity index (χ4v) is 1.94. The number of carbonyl (C=O) groups excluding carboxylic acids is 2. The van der Waals surface area contributed by atoms with Crippen LogP contribution in [0.3, 0.4) is 0 Å². The lowest BCUT2D eigenvalue weighted by atomic mass is 10.0. The van der Waals surface area contributed by atoms with E-state index in [2.05, 4.69) is 10.1 Å². The first kappa shape index (κ1) is 14.0. The summed E-state index contributed by atoms with van der Waals surface area (Å²) in [5.74, 6) is -0.542. The first-order chi connectivity index (χ1) is 7.94. The van der Waals surface area contributed by atoms with Crippen molar-refractivity contribution in [2.24, 2.45) is 0 Å². The van der Waals surface area contributed by atoms with Crippen molar-refractivity contribution in [3.05, 3.63) is 0 Å². The molecular formula is C12H21NO4. The number of carbonyl (C=O) groups is 2. The third-order valence-corrected chi connectivity index (χ3v) is 2.74. The highest BCUT2D eigenvalue weighted by atomic mass is 16.7. The summed E-state index contributed by atoms with van der Waals surface area (Å²) in [6.07, 6.45) is 2.37. The molecule has 1 atom stereocenters. The molecule has 98 valence electrons.